The van der Waals surface area contributed by atoms with Gasteiger partial charge in [0.15, 0.2) is 0 Å². The lowest BCUT2D eigenvalue weighted by molar-refractivity contribution is 1.61. The molecule has 1 aromatic carbocycles. The largest absolute Gasteiger partial charge is 0.0920 e. The van der Waals surface area contributed by atoms with Crippen molar-refractivity contribution < 1.29 is 0 Å². The predicted molar refractivity (Wildman–Crippen MR) is 51.5 cm³/mol. The van der Waals surface area contributed by atoms with Crippen molar-refractivity contribution in [1.29, 1.82) is 0 Å². The van der Waals surface area contributed by atoms with Crippen molar-refractivity contribution in [1.82, 2.24) is 0 Å². The number of benzene rings is 1. The topological polar surface area (TPSA) is 0 Å². The molecule has 1 rings (SSSR count). The van der Waals surface area contributed by atoms with Crippen molar-refractivity contribution in [2.75, 3.05) is 0 Å². The Hall–Kier alpha value is -0.823. The van der Waals surface area contributed by atoms with Gasteiger partial charge >= 0.3 is 0 Å². The molecule has 0 saturated carbocycles. The summed E-state index contributed by atoms with van der Waals surface area (Å²) < 4.78 is 0. The molecule has 56 valence electrons. The van der Waals surface area contributed by atoms with Gasteiger partial charge in [-0.25, -0.2) is 0 Å². The van der Waals surface area contributed by atoms with Gasteiger partial charge in [0.2, 0.25) is 0 Å². The van der Waals surface area contributed by atoms with E-state index in [0.29, 0.717) is 0 Å². The maximum atomic E-state index is 2.21. The van der Waals surface area contributed by atoms with Crippen molar-refractivity contribution >= 4 is 14.7 Å². The molecule has 0 unspecified atom stereocenters. The van der Waals surface area contributed by atoms with Crippen LogP contribution in [0.3, 0.4) is 0 Å². The first-order chi connectivity index (χ1) is 5.43. The van der Waals surface area contributed by atoms with E-state index >= 15 is 0 Å². The molecule has 0 aromatic heterocycles. The lowest BCUT2D eigenvalue weighted by Gasteiger charge is -1.93. The van der Waals surface area contributed by atoms with E-state index in [9.17, 15) is 0 Å². The normalized spacial score (nSPS) is 10.6. The molecule has 0 spiro atoms. The van der Waals surface area contributed by atoms with Crippen LogP contribution in [-0.2, 0) is 0 Å². The Balaban J connectivity index is 2.39. The zero-order valence-corrected chi connectivity index (χ0v) is 7.75. The van der Waals surface area contributed by atoms with Crippen LogP contribution in [-0.4, -0.2) is 9.52 Å². The second-order valence-corrected chi connectivity index (χ2v) is 3.66. The Morgan fingerprint density at radius 1 is 1.27 bits per heavy atom. The van der Waals surface area contributed by atoms with Crippen LogP contribution in [0.1, 0.15) is 6.92 Å². The molecule has 0 nitrogen and oxygen atoms in total. The highest BCUT2D eigenvalue weighted by Crippen LogP contribution is 1.85. The number of hydrogen-bond acceptors (Lipinski definition) is 0. The minimum absolute atomic E-state index is 0.924. The van der Waals surface area contributed by atoms with Gasteiger partial charge in [0.1, 0.15) is 0 Å². The van der Waals surface area contributed by atoms with E-state index in [1.54, 1.807) is 0 Å². The lowest BCUT2D eigenvalue weighted by atomic mass is 10.4. The third-order valence-corrected chi connectivity index (χ3v) is 2.61. The van der Waals surface area contributed by atoms with Gasteiger partial charge in [0, 0.05) is 0 Å². The molecule has 0 heterocycles. The van der Waals surface area contributed by atoms with Crippen LogP contribution in [0.15, 0.2) is 42.5 Å². The van der Waals surface area contributed by atoms with E-state index in [-0.39, 0.29) is 0 Å². The monoisotopic (exact) mass is 160 g/mol. The zero-order valence-electron chi connectivity index (χ0n) is 6.75. The van der Waals surface area contributed by atoms with Crippen LogP contribution in [0.2, 0.25) is 6.04 Å². The zero-order chi connectivity index (χ0) is 7.94. The Kier molecular flexibility index (Phi) is 3.69. The first-order valence-corrected chi connectivity index (χ1v) is 5.04. The van der Waals surface area contributed by atoms with E-state index in [2.05, 4.69) is 49.4 Å². The van der Waals surface area contributed by atoms with Crippen LogP contribution in [0.25, 0.3) is 0 Å². The number of allylic oxidation sites excluding steroid dienone is 2. The Labute approximate surface area is 70.8 Å². The molecule has 0 fully saturated rings. The molecule has 0 saturated heterocycles. The highest BCUT2D eigenvalue weighted by molar-refractivity contribution is 6.53. The Bertz CT molecular complexity index is 214. The average molecular weight is 160 g/mol. The van der Waals surface area contributed by atoms with E-state index in [0.717, 1.165) is 9.52 Å². The first kappa shape index (κ1) is 8.28. The smallest absolute Gasteiger partial charge is 0.0849 e. The summed E-state index contributed by atoms with van der Waals surface area (Å²) in [6.07, 6.45) is 4.32. The molecular weight excluding hydrogens is 148 g/mol. The van der Waals surface area contributed by atoms with E-state index in [4.69, 9.17) is 0 Å². The van der Waals surface area contributed by atoms with E-state index < -0.39 is 0 Å². The summed E-state index contributed by atoms with van der Waals surface area (Å²) in [6, 6.07) is 11.8. The number of hydrogen-bond donors (Lipinski definition) is 0. The van der Waals surface area contributed by atoms with Crippen molar-refractivity contribution in [3.63, 3.8) is 0 Å². The molecule has 0 bridgehead atoms. The van der Waals surface area contributed by atoms with Crippen LogP contribution in [0.4, 0.5) is 0 Å². The van der Waals surface area contributed by atoms with Crippen LogP contribution >= 0.6 is 0 Å². The molecule has 11 heavy (non-hydrogen) atoms. The van der Waals surface area contributed by atoms with Crippen LogP contribution in [0, 0.1) is 0 Å². The summed E-state index contributed by atoms with van der Waals surface area (Å²) in [6.45, 7) is 2.06. The predicted octanol–water partition coefficient (Wildman–Crippen LogP) is 2.01. The van der Waals surface area contributed by atoms with Crippen molar-refractivity contribution in [3.8, 4) is 0 Å². The standard InChI is InChI=1S/C10H12Si/c1-2-3-9-11-10-7-5-4-6-8-10/h2-8H,9H2,1H3. The lowest BCUT2D eigenvalue weighted by Crippen LogP contribution is -2.11. The van der Waals surface area contributed by atoms with Crippen molar-refractivity contribution in [2.24, 2.45) is 0 Å². The molecule has 1 heteroatoms. The van der Waals surface area contributed by atoms with Gasteiger partial charge in [0.25, 0.3) is 0 Å². The molecule has 1 aromatic rings. The molecule has 0 aliphatic heterocycles. The third-order valence-electron chi connectivity index (χ3n) is 1.43. The van der Waals surface area contributed by atoms with E-state index in [1.807, 2.05) is 0 Å². The summed E-state index contributed by atoms with van der Waals surface area (Å²) in [4.78, 5) is 0. The molecule has 0 atom stereocenters. The molecule has 0 aliphatic carbocycles. The van der Waals surface area contributed by atoms with Gasteiger partial charge in [-0.15, -0.1) is 0 Å². The van der Waals surface area contributed by atoms with Gasteiger partial charge in [-0.2, -0.15) is 0 Å². The molecular formula is C10H12Si. The maximum absolute atomic E-state index is 2.21. The Morgan fingerprint density at radius 3 is 2.64 bits per heavy atom. The fourth-order valence-corrected chi connectivity index (χ4v) is 1.87. The summed E-state index contributed by atoms with van der Waals surface area (Å²) in [5.74, 6) is 0. The second kappa shape index (κ2) is 4.91. The quantitative estimate of drug-likeness (QED) is 0.469. The molecule has 0 amide bonds. The molecule has 0 N–H and O–H groups in total. The van der Waals surface area contributed by atoms with Crippen LogP contribution in [0.5, 0.6) is 0 Å². The van der Waals surface area contributed by atoms with Gasteiger partial charge < -0.3 is 0 Å². The third kappa shape index (κ3) is 3.19. The average Bonchev–Trinajstić information content (AvgIpc) is 2.07. The summed E-state index contributed by atoms with van der Waals surface area (Å²) in [5.41, 5.74) is 0. The Morgan fingerprint density at radius 2 is 2.00 bits per heavy atom. The fourth-order valence-electron chi connectivity index (χ4n) is 0.851. The van der Waals surface area contributed by atoms with Crippen LogP contribution < -0.4 is 5.19 Å². The minimum atomic E-state index is 0.924. The van der Waals surface area contributed by atoms with Gasteiger partial charge in [0.05, 0.1) is 9.52 Å². The van der Waals surface area contributed by atoms with Crippen molar-refractivity contribution in [3.05, 3.63) is 42.5 Å². The highest BCUT2D eigenvalue weighted by Gasteiger charge is 1.88. The first-order valence-electron chi connectivity index (χ1n) is 3.83. The summed E-state index contributed by atoms with van der Waals surface area (Å²) in [5, 5.41) is 1.45. The minimum Gasteiger partial charge on any atom is -0.0920 e. The number of rotatable bonds is 3. The SMILES string of the molecule is CC=CC[Si]c1ccccc1. The maximum Gasteiger partial charge on any atom is 0.0849 e. The summed E-state index contributed by atoms with van der Waals surface area (Å²) in [7, 11) is 0.924. The molecule has 2 radical (unpaired) electrons. The second-order valence-electron chi connectivity index (χ2n) is 2.32. The molecule has 0 aliphatic rings. The van der Waals surface area contributed by atoms with Crippen molar-refractivity contribution in [2.45, 2.75) is 13.0 Å². The van der Waals surface area contributed by atoms with E-state index in [1.165, 1.54) is 11.2 Å². The summed E-state index contributed by atoms with van der Waals surface area (Å²) >= 11 is 0. The highest BCUT2D eigenvalue weighted by atomic mass is 28.2. The van der Waals surface area contributed by atoms with Gasteiger partial charge in [-0.05, 0) is 13.0 Å². The van der Waals surface area contributed by atoms with Gasteiger partial charge in [-0.1, -0.05) is 47.7 Å². The fraction of sp³-hybridized carbons (Fsp3) is 0.200. The van der Waals surface area contributed by atoms with Gasteiger partial charge in [-0.3, -0.25) is 0 Å².